The van der Waals surface area contributed by atoms with Gasteiger partial charge in [-0.3, -0.25) is 9.78 Å². The van der Waals surface area contributed by atoms with E-state index in [-0.39, 0.29) is 22.8 Å². The van der Waals surface area contributed by atoms with Gasteiger partial charge in [-0.15, -0.1) is 13.2 Å². The van der Waals surface area contributed by atoms with Crippen molar-refractivity contribution >= 4 is 5.78 Å². The molecular weight excluding hydrogens is 287 g/mol. The predicted octanol–water partition coefficient (Wildman–Crippen LogP) is 3.56. The van der Waals surface area contributed by atoms with E-state index in [0.717, 1.165) is 18.2 Å². The van der Waals surface area contributed by atoms with Gasteiger partial charge in [0.25, 0.3) is 0 Å². The van der Waals surface area contributed by atoms with Gasteiger partial charge < -0.3 is 9.84 Å². The van der Waals surface area contributed by atoms with Gasteiger partial charge in [0.15, 0.2) is 5.78 Å². The number of nitrogens with zero attached hydrogens (tertiary/aromatic N) is 1. The van der Waals surface area contributed by atoms with E-state index in [1.165, 1.54) is 25.3 Å². The summed E-state index contributed by atoms with van der Waals surface area (Å²) in [5.74, 6) is -0.969. The molecule has 0 aliphatic carbocycles. The van der Waals surface area contributed by atoms with Crippen molar-refractivity contribution in [3.8, 4) is 22.8 Å². The summed E-state index contributed by atoms with van der Waals surface area (Å²) >= 11 is 0. The van der Waals surface area contributed by atoms with E-state index in [1.54, 1.807) is 0 Å². The minimum atomic E-state index is -4.83. The molecule has 1 aromatic carbocycles. The first-order valence-corrected chi connectivity index (χ1v) is 5.82. The first-order chi connectivity index (χ1) is 9.76. The number of phenolic OH excluding ortho intramolecular Hbond substituents is 1. The number of pyridine rings is 1. The summed E-state index contributed by atoms with van der Waals surface area (Å²) in [5, 5.41) is 9.75. The van der Waals surface area contributed by atoms with Crippen molar-refractivity contribution in [2.75, 3.05) is 0 Å². The second-order valence-electron chi connectivity index (χ2n) is 4.21. The Morgan fingerprint density at radius 3 is 2.57 bits per heavy atom. The Hall–Kier alpha value is -2.57. The number of ketones is 1. The Kier molecular flexibility index (Phi) is 3.84. The average molecular weight is 297 g/mol. The number of hydrogen-bond donors (Lipinski definition) is 1. The molecule has 0 aliphatic heterocycles. The van der Waals surface area contributed by atoms with Crippen LogP contribution in [0.4, 0.5) is 13.2 Å². The lowest BCUT2D eigenvalue weighted by molar-refractivity contribution is -0.274. The minimum Gasteiger partial charge on any atom is -0.507 e. The van der Waals surface area contributed by atoms with E-state index < -0.39 is 12.1 Å². The van der Waals surface area contributed by atoms with Gasteiger partial charge in [0.1, 0.15) is 11.5 Å². The Morgan fingerprint density at radius 2 is 1.95 bits per heavy atom. The normalized spacial score (nSPS) is 11.2. The molecule has 110 valence electrons. The second-order valence-corrected chi connectivity index (χ2v) is 4.21. The van der Waals surface area contributed by atoms with Crippen LogP contribution in [0.3, 0.4) is 0 Å². The zero-order valence-corrected chi connectivity index (χ0v) is 10.8. The van der Waals surface area contributed by atoms with Crippen LogP contribution in [0.2, 0.25) is 0 Å². The number of halogens is 3. The summed E-state index contributed by atoms with van der Waals surface area (Å²) in [6.07, 6.45) is -3.49. The highest BCUT2D eigenvalue weighted by atomic mass is 19.4. The van der Waals surface area contributed by atoms with Crippen LogP contribution < -0.4 is 4.74 Å². The summed E-state index contributed by atoms with van der Waals surface area (Å²) in [7, 11) is 0. The molecule has 0 spiro atoms. The summed E-state index contributed by atoms with van der Waals surface area (Å²) in [6, 6.07) is 5.92. The minimum absolute atomic E-state index is 0.0415. The maximum atomic E-state index is 12.2. The quantitative estimate of drug-likeness (QED) is 0.880. The molecular formula is C14H10F3NO3. The highest BCUT2D eigenvalue weighted by Crippen LogP contribution is 2.33. The van der Waals surface area contributed by atoms with Crippen molar-refractivity contribution in [2.24, 2.45) is 0 Å². The first-order valence-electron chi connectivity index (χ1n) is 5.82. The number of aromatic hydroxyl groups is 1. The zero-order valence-electron chi connectivity index (χ0n) is 10.8. The molecule has 0 bridgehead atoms. The first kappa shape index (κ1) is 14.8. The van der Waals surface area contributed by atoms with Gasteiger partial charge in [-0.25, -0.2) is 0 Å². The van der Waals surface area contributed by atoms with E-state index in [0.29, 0.717) is 5.56 Å². The van der Waals surface area contributed by atoms with Gasteiger partial charge in [-0.2, -0.15) is 0 Å². The molecule has 0 radical (unpaired) electrons. The van der Waals surface area contributed by atoms with Gasteiger partial charge in [0, 0.05) is 17.3 Å². The van der Waals surface area contributed by atoms with Crippen molar-refractivity contribution in [3.05, 3.63) is 42.1 Å². The van der Waals surface area contributed by atoms with Crippen molar-refractivity contribution in [2.45, 2.75) is 13.3 Å². The lowest BCUT2D eigenvalue weighted by Gasteiger charge is -2.11. The summed E-state index contributed by atoms with van der Waals surface area (Å²) < 4.78 is 40.4. The predicted molar refractivity (Wildman–Crippen MR) is 68.0 cm³/mol. The van der Waals surface area contributed by atoms with Crippen molar-refractivity contribution < 1.29 is 27.8 Å². The van der Waals surface area contributed by atoms with Crippen molar-refractivity contribution in [1.82, 2.24) is 4.98 Å². The standard InChI is InChI=1S/C14H10F3NO3/c1-8(19)9-4-5-18-12(6-9)11-7-10(2-3-13(11)20)21-14(15,16)17/h2-7,20H,1H3. The van der Waals surface area contributed by atoms with Crippen LogP contribution >= 0.6 is 0 Å². The highest BCUT2D eigenvalue weighted by Gasteiger charge is 2.31. The molecule has 21 heavy (non-hydrogen) atoms. The van der Waals surface area contributed by atoms with E-state index in [1.807, 2.05) is 0 Å². The molecule has 1 aromatic heterocycles. The number of hydrogen-bond acceptors (Lipinski definition) is 4. The van der Waals surface area contributed by atoms with E-state index >= 15 is 0 Å². The average Bonchev–Trinajstić information content (AvgIpc) is 2.39. The molecule has 7 heteroatoms. The number of ether oxygens (including phenoxy) is 1. The molecule has 0 fully saturated rings. The van der Waals surface area contributed by atoms with Crippen molar-refractivity contribution in [3.63, 3.8) is 0 Å². The fourth-order valence-corrected chi connectivity index (χ4v) is 1.71. The maximum Gasteiger partial charge on any atom is 0.573 e. The van der Waals surface area contributed by atoms with E-state index in [2.05, 4.69) is 9.72 Å². The molecule has 0 amide bonds. The fourth-order valence-electron chi connectivity index (χ4n) is 1.71. The summed E-state index contributed by atoms with van der Waals surface area (Å²) in [4.78, 5) is 15.2. The van der Waals surface area contributed by atoms with E-state index in [9.17, 15) is 23.1 Å². The van der Waals surface area contributed by atoms with Gasteiger partial charge in [0.05, 0.1) is 5.69 Å². The number of phenols is 1. The molecule has 4 nitrogen and oxygen atoms in total. The number of alkyl halides is 3. The fraction of sp³-hybridized carbons (Fsp3) is 0.143. The Labute approximate surface area is 117 Å². The molecule has 0 saturated heterocycles. The Morgan fingerprint density at radius 1 is 1.24 bits per heavy atom. The molecule has 0 aliphatic rings. The number of Topliss-reactive ketones (excluding diaryl/α,β-unsaturated/α-hetero) is 1. The summed E-state index contributed by atoms with van der Waals surface area (Å²) in [6.45, 7) is 1.35. The second kappa shape index (κ2) is 5.43. The van der Waals surface area contributed by atoms with Crippen LogP contribution in [0.25, 0.3) is 11.3 Å². The van der Waals surface area contributed by atoms with Gasteiger partial charge in [-0.05, 0) is 37.3 Å². The number of carbonyl (C=O) groups is 1. The third-order valence-corrected chi connectivity index (χ3v) is 2.64. The van der Waals surface area contributed by atoms with Gasteiger partial charge >= 0.3 is 6.36 Å². The highest BCUT2D eigenvalue weighted by molar-refractivity contribution is 5.95. The van der Waals surface area contributed by atoms with Crippen LogP contribution in [-0.2, 0) is 0 Å². The smallest absolute Gasteiger partial charge is 0.507 e. The van der Waals surface area contributed by atoms with Crippen LogP contribution in [0.5, 0.6) is 11.5 Å². The lowest BCUT2D eigenvalue weighted by atomic mass is 10.1. The zero-order chi connectivity index (χ0) is 15.6. The van der Waals surface area contributed by atoms with Crippen LogP contribution in [0, 0.1) is 0 Å². The Balaban J connectivity index is 2.45. The van der Waals surface area contributed by atoms with Gasteiger partial charge in [-0.1, -0.05) is 0 Å². The maximum absolute atomic E-state index is 12.2. The number of aromatic nitrogens is 1. The third kappa shape index (κ3) is 3.71. The SMILES string of the molecule is CC(=O)c1ccnc(-c2cc(OC(F)(F)F)ccc2O)c1. The van der Waals surface area contributed by atoms with Crippen molar-refractivity contribution in [1.29, 1.82) is 0 Å². The van der Waals surface area contributed by atoms with Crippen LogP contribution in [0.15, 0.2) is 36.5 Å². The molecule has 1 heterocycles. The number of carbonyl (C=O) groups excluding carboxylic acids is 1. The topological polar surface area (TPSA) is 59.4 Å². The Bertz CT molecular complexity index is 683. The third-order valence-electron chi connectivity index (χ3n) is 2.64. The van der Waals surface area contributed by atoms with Gasteiger partial charge in [0.2, 0.25) is 0 Å². The lowest BCUT2D eigenvalue weighted by Crippen LogP contribution is -2.17. The monoisotopic (exact) mass is 297 g/mol. The molecule has 1 N–H and O–H groups in total. The molecule has 0 unspecified atom stereocenters. The molecule has 2 aromatic rings. The molecule has 0 atom stereocenters. The summed E-state index contributed by atoms with van der Waals surface area (Å²) in [5.41, 5.74) is 0.550. The van der Waals surface area contributed by atoms with E-state index in [4.69, 9.17) is 0 Å². The number of benzene rings is 1. The number of rotatable bonds is 3. The van der Waals surface area contributed by atoms with Crippen LogP contribution in [-0.4, -0.2) is 22.2 Å². The largest absolute Gasteiger partial charge is 0.573 e. The van der Waals surface area contributed by atoms with Crippen LogP contribution in [0.1, 0.15) is 17.3 Å². The molecule has 0 saturated carbocycles. The molecule has 2 rings (SSSR count).